The average Bonchev–Trinajstić information content (AvgIpc) is 2.58. The normalized spacial score (nSPS) is 11.5. The van der Waals surface area contributed by atoms with Gasteiger partial charge in [0.25, 0.3) is 0 Å². The van der Waals surface area contributed by atoms with Gasteiger partial charge in [0.15, 0.2) is 0 Å². The molecule has 6 heteroatoms. The van der Waals surface area contributed by atoms with Crippen molar-refractivity contribution < 1.29 is 29.3 Å². The number of nitrogens with one attached hydrogen (secondary N) is 3. The van der Waals surface area contributed by atoms with Crippen molar-refractivity contribution in [3.8, 4) is 0 Å². The molecule has 146 valence electrons. The Balaban J connectivity index is -0.000000122. The van der Waals surface area contributed by atoms with Gasteiger partial charge in [0.05, 0.1) is 0 Å². The van der Waals surface area contributed by atoms with Crippen LogP contribution in [0, 0.1) is 0 Å². The van der Waals surface area contributed by atoms with Gasteiger partial charge in [-0.15, -0.1) is 16.6 Å². The summed E-state index contributed by atoms with van der Waals surface area (Å²) in [6, 6.07) is 7.53. The van der Waals surface area contributed by atoms with Crippen molar-refractivity contribution in [1.82, 2.24) is 0 Å². The molecule has 3 N–H and O–H groups in total. The van der Waals surface area contributed by atoms with Gasteiger partial charge >= 0.3 is 83.2 Å². The summed E-state index contributed by atoms with van der Waals surface area (Å²) in [7, 11) is 0. The molecule has 0 saturated heterocycles. The van der Waals surface area contributed by atoms with Crippen LogP contribution in [0.3, 0.4) is 0 Å². The van der Waals surface area contributed by atoms with Crippen LogP contribution in [0.15, 0.2) is 24.3 Å². The summed E-state index contributed by atoms with van der Waals surface area (Å²) in [6.07, 6.45) is 0. The second-order valence-corrected chi connectivity index (χ2v) is 16.8. The van der Waals surface area contributed by atoms with E-state index in [0.29, 0.717) is 0 Å². The summed E-state index contributed by atoms with van der Waals surface area (Å²) in [5.74, 6) is 3.49. The predicted octanol–water partition coefficient (Wildman–Crippen LogP) is 7.30. The Morgan fingerprint density at radius 3 is 0.920 bits per heavy atom. The Labute approximate surface area is 178 Å². The van der Waals surface area contributed by atoms with E-state index in [0.717, 1.165) is 4.40 Å². The molecule has 0 unspecified atom stereocenters. The third kappa shape index (κ3) is 68.0. The monoisotopic (exact) mass is 583 g/mol. The molecule has 0 aliphatic rings. The molecule has 25 heavy (non-hydrogen) atoms. The molecule has 0 bridgehead atoms. The van der Waals surface area contributed by atoms with Crippen molar-refractivity contribution in [1.29, 1.82) is 0 Å². The van der Waals surface area contributed by atoms with Gasteiger partial charge in [-0.2, -0.15) is 0 Å². The molecule has 1 rings (SSSR count). The molecule has 0 amide bonds. The van der Waals surface area contributed by atoms with Crippen LogP contribution in [0.2, 0.25) is 11.5 Å². The van der Waals surface area contributed by atoms with Crippen LogP contribution < -0.4 is 4.40 Å². The van der Waals surface area contributed by atoms with E-state index in [1.165, 1.54) is 0 Å². The first-order valence-corrected chi connectivity index (χ1v) is 14.3. The van der Waals surface area contributed by atoms with E-state index in [1.54, 1.807) is 11.5 Å². The smallest absolute Gasteiger partial charge is 4.00 e. The first-order valence-electron chi connectivity index (χ1n) is 8.27. The minimum atomic E-state index is -2.94. The zero-order valence-electron chi connectivity index (χ0n) is 18.2. The van der Waals surface area contributed by atoms with Crippen LogP contribution in [0.1, 0.15) is 62.3 Å². The maximum atomic E-state index is 13.1. The first kappa shape index (κ1) is 33.2. The maximum Gasteiger partial charge on any atom is 4.00 e. The van der Waals surface area contributed by atoms with Crippen molar-refractivity contribution in [2.24, 2.45) is 0 Å². The number of hydrogen-bond acceptors (Lipinski definition) is 0. The molecule has 3 nitrogen and oxygen atoms in total. The van der Waals surface area contributed by atoms with E-state index >= 15 is 0 Å². The summed E-state index contributed by atoms with van der Waals surface area (Å²) in [4.78, 5) is 0. The molecular weight excluding hydrogens is 540 g/mol. The van der Waals surface area contributed by atoms with Crippen molar-refractivity contribution in [2.45, 2.75) is 90.4 Å². The quantitative estimate of drug-likeness (QED) is 0.247. The summed E-state index contributed by atoms with van der Waals surface area (Å²) in [5, 5.41) is 0. The van der Waals surface area contributed by atoms with E-state index < -0.39 is 13.7 Å². The molecule has 0 atom stereocenters. The van der Waals surface area contributed by atoms with Gasteiger partial charge in [-0.05, 0) is 0 Å². The fraction of sp³-hybridized carbons (Fsp3) is 0.737. The Hall–Kier alpha value is 0.573. The van der Waals surface area contributed by atoms with Crippen LogP contribution >= 0.6 is 0 Å². The fourth-order valence-electron chi connectivity index (χ4n) is 0.770. The Morgan fingerprint density at radius 2 is 0.840 bits per heavy atom. The van der Waals surface area contributed by atoms with E-state index in [-0.39, 0.29) is 42.5 Å². The van der Waals surface area contributed by atoms with Crippen molar-refractivity contribution in [2.75, 3.05) is 0 Å². The molecule has 0 spiro atoms. The maximum absolute atomic E-state index is 13.1. The largest absolute Gasteiger partial charge is 4.00 e. The fourth-order valence-corrected chi connectivity index (χ4v) is 2.84. The van der Waals surface area contributed by atoms with Crippen LogP contribution in [0.4, 0.5) is 3.50 Å². The summed E-state index contributed by atoms with van der Waals surface area (Å²) in [6.45, 7) is 16.7. The molecule has 0 aromatic heterocycles. The Bertz CT molecular complexity index is 348. The summed E-state index contributed by atoms with van der Waals surface area (Å²) in [5.41, 5.74) is 20.1. The zero-order valence-corrected chi connectivity index (χ0v) is 23.9. The van der Waals surface area contributed by atoms with Crippen LogP contribution in [-0.4, -0.2) is 30.3 Å². The third-order valence-electron chi connectivity index (χ3n) is 1.35. The average molecular weight is 581 g/mol. The molecule has 1 aromatic rings. The van der Waals surface area contributed by atoms with Crippen molar-refractivity contribution in [3.05, 3.63) is 41.5 Å². The SMILES string of the molecule is CC(C)(C)[NH-].CC(C)(C)[NH-].CC(C)(C)[NH-].[CH3][Ge]([CH3])([F])[c-]1cccc1.[Hf+4]. The Morgan fingerprint density at radius 1 is 0.680 bits per heavy atom. The minimum absolute atomic E-state index is 0. The predicted molar refractivity (Wildman–Crippen MR) is 112 cm³/mol. The second kappa shape index (κ2) is 13.7. The topological polar surface area (TPSA) is 71.4 Å². The molecule has 0 aliphatic heterocycles. The summed E-state index contributed by atoms with van der Waals surface area (Å²) < 4.78 is 14.1. The van der Waals surface area contributed by atoms with Gasteiger partial charge in [-0.3, -0.25) is 0 Å². The molecule has 0 fully saturated rings. The van der Waals surface area contributed by atoms with Gasteiger partial charge in [0.1, 0.15) is 0 Å². The van der Waals surface area contributed by atoms with Gasteiger partial charge in [-0.25, -0.2) is 0 Å². The van der Waals surface area contributed by atoms with Gasteiger partial charge in [0, 0.05) is 0 Å². The minimum Gasteiger partial charge on any atom is 4.00 e. The molecule has 0 heterocycles. The van der Waals surface area contributed by atoms with Gasteiger partial charge < -0.3 is 17.2 Å². The van der Waals surface area contributed by atoms with E-state index in [9.17, 15) is 3.50 Å². The standard InChI is InChI=1S/C7H10FGe.3C4H10N.Hf/c1-9(2,8)7-5-3-4-6-7;3*1-4(2,3)5;/h3-6H,1-2H3;3*5H,1-3H3;/q4*-1;+4. The van der Waals surface area contributed by atoms with E-state index in [2.05, 4.69) is 0 Å². The van der Waals surface area contributed by atoms with Crippen LogP contribution in [0.5, 0.6) is 0 Å². The Kier molecular flexibility index (Phi) is 18.2. The molecule has 0 aliphatic carbocycles. The van der Waals surface area contributed by atoms with Gasteiger partial charge in [0.2, 0.25) is 0 Å². The molecule has 0 radical (unpaired) electrons. The second-order valence-electron chi connectivity index (χ2n) is 9.40. The van der Waals surface area contributed by atoms with E-state index in [1.807, 2.05) is 86.6 Å². The van der Waals surface area contributed by atoms with E-state index in [4.69, 9.17) is 17.2 Å². The number of rotatable bonds is 1. The molecule has 1 aromatic carbocycles. The molecule has 0 saturated carbocycles. The number of halogens is 1. The zero-order chi connectivity index (χ0) is 20.4. The molecular formula is C19H40FGeHfN3. The van der Waals surface area contributed by atoms with Crippen LogP contribution in [-0.2, 0) is 25.8 Å². The first-order chi connectivity index (χ1) is 10.1. The summed E-state index contributed by atoms with van der Waals surface area (Å²) >= 11 is -2.94. The van der Waals surface area contributed by atoms with Crippen molar-refractivity contribution in [3.63, 3.8) is 0 Å². The van der Waals surface area contributed by atoms with Crippen molar-refractivity contribution >= 4 is 18.1 Å². The number of hydrogen-bond donors (Lipinski definition) is 0. The van der Waals surface area contributed by atoms with Crippen LogP contribution in [0.25, 0.3) is 17.2 Å². The third-order valence-corrected chi connectivity index (χ3v) is 4.93. The van der Waals surface area contributed by atoms with Gasteiger partial charge in [-0.1, -0.05) is 62.3 Å².